The van der Waals surface area contributed by atoms with Crippen LogP contribution in [0.15, 0.2) is 58.4 Å². The van der Waals surface area contributed by atoms with E-state index in [-0.39, 0.29) is 29.2 Å². The third kappa shape index (κ3) is 8.84. The van der Waals surface area contributed by atoms with Gasteiger partial charge in [0, 0.05) is 25.9 Å². The van der Waals surface area contributed by atoms with Crippen LogP contribution in [0.5, 0.6) is 5.75 Å². The predicted molar refractivity (Wildman–Crippen MR) is 145 cm³/mol. The number of aliphatic imine (C=N–C) groups is 1. The fourth-order valence-corrected chi connectivity index (χ4v) is 4.96. The van der Waals surface area contributed by atoms with E-state index in [0.717, 1.165) is 24.1 Å². The molecule has 0 saturated carbocycles. The number of nitrogens with one attached hydrogen (secondary N) is 3. The molecule has 1 aliphatic heterocycles. The second-order valence-electron chi connectivity index (χ2n) is 10.1. The van der Waals surface area contributed by atoms with Gasteiger partial charge in [-0.3, -0.25) is 19.9 Å². The van der Waals surface area contributed by atoms with E-state index in [9.17, 15) is 23.1 Å². The zero-order valence-electron chi connectivity index (χ0n) is 22.0. The third-order valence-electron chi connectivity index (χ3n) is 6.02. The number of hydrogen-bond donors (Lipinski definition) is 4. The van der Waals surface area contributed by atoms with Crippen LogP contribution >= 0.6 is 0 Å². The molecule has 0 bridgehead atoms. The van der Waals surface area contributed by atoms with Crippen molar-refractivity contribution in [2.45, 2.75) is 62.8 Å². The average Bonchev–Trinajstić information content (AvgIpc) is 2.87. The van der Waals surface area contributed by atoms with Gasteiger partial charge in [-0.05, 0) is 53.6 Å². The maximum absolute atomic E-state index is 12.7. The van der Waals surface area contributed by atoms with Gasteiger partial charge in [0.1, 0.15) is 11.8 Å². The summed E-state index contributed by atoms with van der Waals surface area (Å²) in [5, 5.41) is 15.4. The number of aliphatic carboxylic acids is 1. The molecule has 0 fully saturated rings. The molecule has 0 spiro atoms. The summed E-state index contributed by atoms with van der Waals surface area (Å²) in [6, 6.07) is 12.2. The van der Waals surface area contributed by atoms with E-state index < -0.39 is 22.0 Å². The zero-order chi connectivity index (χ0) is 27.8. The fourth-order valence-electron chi connectivity index (χ4n) is 3.74. The maximum Gasteiger partial charge on any atom is 0.321 e. The first-order valence-electron chi connectivity index (χ1n) is 12.6. The Kier molecular flexibility index (Phi) is 9.87. The van der Waals surface area contributed by atoms with Crippen LogP contribution in [0.4, 0.5) is 0 Å². The summed E-state index contributed by atoms with van der Waals surface area (Å²) in [6.45, 7) is 7.56. The second-order valence-corrected chi connectivity index (χ2v) is 11.8. The topological polar surface area (TPSA) is 146 Å². The molecular formula is C27H36N4O6S. The van der Waals surface area contributed by atoms with Crippen LogP contribution in [0, 0.1) is 0 Å². The lowest BCUT2D eigenvalue weighted by Crippen LogP contribution is -2.43. The number of carboxylic acid groups (broad SMARTS) is 1. The van der Waals surface area contributed by atoms with Gasteiger partial charge in [-0.1, -0.05) is 45.0 Å². The molecular weight excluding hydrogens is 508 g/mol. The molecule has 0 saturated heterocycles. The summed E-state index contributed by atoms with van der Waals surface area (Å²) in [5.41, 5.74) is 1.78. The maximum atomic E-state index is 12.7. The van der Waals surface area contributed by atoms with E-state index in [1.54, 1.807) is 24.3 Å². The van der Waals surface area contributed by atoms with Gasteiger partial charge in [0.25, 0.3) is 0 Å². The highest BCUT2D eigenvalue weighted by Crippen LogP contribution is 2.23. The zero-order valence-corrected chi connectivity index (χ0v) is 22.8. The van der Waals surface area contributed by atoms with Gasteiger partial charge in [-0.25, -0.2) is 8.42 Å². The molecule has 2 aromatic carbocycles. The summed E-state index contributed by atoms with van der Waals surface area (Å²) in [5.74, 6) is -0.369. The molecule has 11 heteroatoms. The van der Waals surface area contributed by atoms with Crippen molar-refractivity contribution in [2.24, 2.45) is 4.99 Å². The van der Waals surface area contributed by atoms with Gasteiger partial charge in [0.05, 0.1) is 11.5 Å². The van der Waals surface area contributed by atoms with Crippen molar-refractivity contribution < 1.29 is 27.9 Å². The highest BCUT2D eigenvalue weighted by Gasteiger charge is 2.26. The Hall–Kier alpha value is -3.44. The van der Waals surface area contributed by atoms with Crippen LogP contribution < -0.4 is 20.1 Å². The molecule has 2 aromatic rings. The molecule has 1 aliphatic rings. The van der Waals surface area contributed by atoms with Crippen molar-refractivity contribution in [1.29, 1.82) is 0 Å². The number of hydrogen-bond acceptors (Lipinski definition) is 7. The minimum atomic E-state index is -4.02. The predicted octanol–water partition coefficient (Wildman–Crippen LogP) is 2.58. The first-order chi connectivity index (χ1) is 17.9. The van der Waals surface area contributed by atoms with E-state index in [2.05, 4.69) is 20.3 Å². The van der Waals surface area contributed by atoms with Crippen LogP contribution in [0.2, 0.25) is 0 Å². The summed E-state index contributed by atoms with van der Waals surface area (Å²) < 4.78 is 33.4. The summed E-state index contributed by atoms with van der Waals surface area (Å²) in [7, 11) is -4.02. The van der Waals surface area contributed by atoms with Crippen molar-refractivity contribution in [3.63, 3.8) is 0 Å². The smallest absolute Gasteiger partial charge is 0.321 e. The van der Waals surface area contributed by atoms with Crippen molar-refractivity contribution in [3.8, 4) is 5.75 Å². The summed E-state index contributed by atoms with van der Waals surface area (Å²) in [6.07, 6.45) is 1.74. The number of nitrogens with zero attached hydrogens (tertiary/aromatic N) is 1. The van der Waals surface area contributed by atoms with Gasteiger partial charge < -0.3 is 15.2 Å². The number of ether oxygens (including phenoxy) is 1. The van der Waals surface area contributed by atoms with Crippen LogP contribution in [-0.2, 0) is 31.4 Å². The van der Waals surface area contributed by atoms with E-state index in [0.29, 0.717) is 31.1 Å². The number of carbonyl (C=O) groups is 2. The lowest BCUT2D eigenvalue weighted by atomic mass is 9.87. The molecule has 1 heterocycles. The van der Waals surface area contributed by atoms with E-state index in [4.69, 9.17) is 4.74 Å². The summed E-state index contributed by atoms with van der Waals surface area (Å²) in [4.78, 5) is 28.0. The molecule has 0 aromatic heterocycles. The monoisotopic (exact) mass is 544 g/mol. The number of carbonyl (C=O) groups excluding carboxylic acids is 1. The third-order valence-corrected chi connectivity index (χ3v) is 7.51. The van der Waals surface area contributed by atoms with Crippen molar-refractivity contribution >= 4 is 27.9 Å². The van der Waals surface area contributed by atoms with Gasteiger partial charge in [0.15, 0.2) is 5.96 Å². The van der Waals surface area contributed by atoms with E-state index >= 15 is 0 Å². The van der Waals surface area contributed by atoms with Crippen molar-refractivity contribution in [1.82, 2.24) is 15.4 Å². The number of sulfonamides is 1. The highest BCUT2D eigenvalue weighted by molar-refractivity contribution is 7.89. The molecule has 38 heavy (non-hydrogen) atoms. The molecule has 3 rings (SSSR count). The first kappa shape index (κ1) is 29.1. The molecule has 1 amide bonds. The number of aryl methyl sites for hydroxylation is 1. The van der Waals surface area contributed by atoms with Gasteiger partial charge in [-0.15, -0.1) is 0 Å². The Labute approximate surface area is 223 Å². The van der Waals surface area contributed by atoms with Gasteiger partial charge in [-0.2, -0.15) is 4.72 Å². The quantitative estimate of drug-likeness (QED) is 0.340. The molecule has 0 radical (unpaired) electrons. The summed E-state index contributed by atoms with van der Waals surface area (Å²) >= 11 is 0. The molecule has 1 atom stereocenters. The normalized spacial score (nSPS) is 14.7. The van der Waals surface area contributed by atoms with Gasteiger partial charge >= 0.3 is 5.97 Å². The van der Waals surface area contributed by atoms with Crippen LogP contribution in [0.3, 0.4) is 0 Å². The van der Waals surface area contributed by atoms with Crippen LogP contribution in [0.1, 0.15) is 51.2 Å². The average molecular weight is 545 g/mol. The number of guanidine groups is 1. The Bertz CT molecular complexity index is 1240. The van der Waals surface area contributed by atoms with Gasteiger partial charge in [0.2, 0.25) is 15.9 Å². The SMILES string of the molecule is CC(C)(C)c1ccc(S(=O)(=O)NC(CCOc2ccc(CCC(=O)NC3=NCCCN3)cc2)C(=O)O)cc1. The number of carboxylic acids is 1. The second kappa shape index (κ2) is 12.9. The van der Waals surface area contributed by atoms with Crippen molar-refractivity contribution in [3.05, 3.63) is 59.7 Å². The Morgan fingerprint density at radius 2 is 1.79 bits per heavy atom. The minimum Gasteiger partial charge on any atom is -0.494 e. The number of amides is 1. The van der Waals surface area contributed by atoms with Crippen LogP contribution in [0.25, 0.3) is 0 Å². The molecule has 1 unspecified atom stereocenters. The van der Waals surface area contributed by atoms with Crippen molar-refractivity contribution in [2.75, 3.05) is 19.7 Å². The molecule has 0 aliphatic carbocycles. The Balaban J connectivity index is 1.47. The number of benzene rings is 2. The molecule has 4 N–H and O–H groups in total. The lowest BCUT2D eigenvalue weighted by molar-refractivity contribution is -0.139. The van der Waals surface area contributed by atoms with Crippen LogP contribution in [-0.4, -0.2) is 57.1 Å². The largest absolute Gasteiger partial charge is 0.494 e. The minimum absolute atomic E-state index is 0.000682. The Morgan fingerprint density at radius 1 is 1.11 bits per heavy atom. The van der Waals surface area contributed by atoms with E-state index in [1.807, 2.05) is 32.9 Å². The molecule has 10 nitrogen and oxygen atoms in total. The highest BCUT2D eigenvalue weighted by atomic mass is 32.2. The standard InChI is InChI=1S/C27H36N4O6S/c1-27(2,3)20-8-12-22(13-9-20)38(35,36)31-23(25(33)34)15-18-37-21-10-5-19(6-11-21)7-14-24(32)30-26-28-16-4-17-29-26/h5-6,8-13,23,31H,4,7,14-18H2,1-3H3,(H,33,34)(H2,28,29,30,32). The fraction of sp³-hybridized carbons (Fsp3) is 0.444. The van der Waals surface area contributed by atoms with E-state index in [1.165, 1.54) is 12.1 Å². The lowest BCUT2D eigenvalue weighted by Gasteiger charge is -2.20. The first-order valence-corrected chi connectivity index (χ1v) is 14.1. The number of rotatable bonds is 11. The molecule has 206 valence electrons. The Morgan fingerprint density at radius 3 is 2.37 bits per heavy atom.